The Morgan fingerprint density at radius 2 is 2.12 bits per heavy atom. The van der Waals surface area contributed by atoms with E-state index in [4.69, 9.17) is 4.74 Å². The molecule has 3 heteroatoms. The maximum absolute atomic E-state index is 13.0. The molecule has 0 aliphatic heterocycles. The number of hydrogen-bond acceptors (Lipinski definition) is 2. The van der Waals surface area contributed by atoms with Crippen LogP contribution < -0.4 is 4.74 Å². The summed E-state index contributed by atoms with van der Waals surface area (Å²) < 4.78 is 5.47. The van der Waals surface area contributed by atoms with Crippen molar-refractivity contribution < 1.29 is 9.53 Å². The van der Waals surface area contributed by atoms with Gasteiger partial charge in [0.05, 0.1) is 11.9 Å². The van der Waals surface area contributed by atoms with Crippen molar-refractivity contribution in [3.8, 4) is 5.75 Å². The number of ether oxygens (including phenoxy) is 1. The van der Waals surface area contributed by atoms with Crippen LogP contribution in [0.25, 0.3) is 0 Å². The van der Waals surface area contributed by atoms with Gasteiger partial charge >= 0.3 is 0 Å². The van der Waals surface area contributed by atoms with Crippen LogP contribution in [-0.2, 0) is 11.2 Å². The lowest BCUT2D eigenvalue weighted by Gasteiger charge is -2.52. The second-order valence-electron chi connectivity index (χ2n) is 8.34. The van der Waals surface area contributed by atoms with Gasteiger partial charge in [0.25, 0.3) is 0 Å². The molecule has 0 bridgehead atoms. The summed E-state index contributed by atoms with van der Waals surface area (Å²) in [5, 5.41) is 0. The SMILES string of the molecule is CC[C@@H]1Cc2cc(OC)ccc2[C@H]2CCC3(CC)C(=O)[C@@H](Br)C[C@H]3[C@H]12. The number of carbonyl (C=O) groups excluding carboxylic acids is 1. The van der Waals surface area contributed by atoms with Crippen molar-refractivity contribution in [3.05, 3.63) is 29.3 Å². The number of carbonyl (C=O) groups is 1. The fourth-order valence-electron chi connectivity index (χ4n) is 6.49. The maximum Gasteiger partial charge on any atom is 0.152 e. The van der Waals surface area contributed by atoms with Crippen molar-refractivity contribution in [2.75, 3.05) is 7.11 Å². The average Bonchev–Trinajstić information content (AvgIpc) is 2.91. The third-order valence-corrected chi connectivity index (χ3v) is 8.50. The van der Waals surface area contributed by atoms with Gasteiger partial charge in [-0.25, -0.2) is 0 Å². The number of hydrogen-bond donors (Lipinski definition) is 0. The Balaban J connectivity index is 1.78. The van der Waals surface area contributed by atoms with Gasteiger partial charge < -0.3 is 4.74 Å². The molecule has 0 amide bonds. The molecule has 3 aliphatic rings. The molecule has 0 heterocycles. The van der Waals surface area contributed by atoms with Gasteiger partial charge in [0.2, 0.25) is 0 Å². The van der Waals surface area contributed by atoms with Gasteiger partial charge in [-0.1, -0.05) is 42.3 Å². The molecule has 1 unspecified atom stereocenters. The summed E-state index contributed by atoms with van der Waals surface area (Å²) in [6.45, 7) is 4.57. The number of methoxy groups -OCH3 is 1. The zero-order chi connectivity index (χ0) is 17.8. The second kappa shape index (κ2) is 6.40. The highest BCUT2D eigenvalue weighted by Gasteiger charge is 2.60. The van der Waals surface area contributed by atoms with Crippen LogP contribution in [0.4, 0.5) is 0 Å². The van der Waals surface area contributed by atoms with Crippen LogP contribution in [0.1, 0.15) is 63.0 Å². The Hall–Kier alpha value is -0.830. The van der Waals surface area contributed by atoms with E-state index in [0.717, 1.165) is 37.9 Å². The van der Waals surface area contributed by atoms with E-state index in [2.05, 4.69) is 48.0 Å². The zero-order valence-corrected chi connectivity index (χ0v) is 17.1. The number of benzene rings is 1. The predicted octanol–water partition coefficient (Wildman–Crippen LogP) is 5.52. The molecule has 1 aromatic rings. The summed E-state index contributed by atoms with van der Waals surface area (Å²) in [5.74, 6) is 3.98. The fraction of sp³-hybridized carbons (Fsp3) is 0.682. The molecule has 4 rings (SSSR count). The molecule has 25 heavy (non-hydrogen) atoms. The van der Waals surface area contributed by atoms with Crippen molar-refractivity contribution in [1.29, 1.82) is 0 Å². The van der Waals surface area contributed by atoms with Crippen LogP contribution in [0.2, 0.25) is 0 Å². The summed E-state index contributed by atoms with van der Waals surface area (Å²) >= 11 is 3.71. The minimum atomic E-state index is -0.0628. The van der Waals surface area contributed by atoms with Crippen LogP contribution in [0.3, 0.4) is 0 Å². The Labute approximate surface area is 159 Å². The van der Waals surface area contributed by atoms with Crippen LogP contribution in [0.5, 0.6) is 5.75 Å². The molecule has 2 saturated carbocycles. The Morgan fingerprint density at radius 1 is 1.32 bits per heavy atom. The topological polar surface area (TPSA) is 26.3 Å². The van der Waals surface area contributed by atoms with Crippen LogP contribution in [-0.4, -0.2) is 17.7 Å². The number of alkyl halides is 1. The first-order chi connectivity index (χ1) is 12.1. The van der Waals surface area contributed by atoms with E-state index in [1.165, 1.54) is 17.5 Å². The second-order valence-corrected chi connectivity index (χ2v) is 9.45. The molecule has 2 nitrogen and oxygen atoms in total. The molecular formula is C22H29BrO2. The zero-order valence-electron chi connectivity index (χ0n) is 15.6. The van der Waals surface area contributed by atoms with Gasteiger partial charge in [0.15, 0.2) is 5.78 Å². The number of ketones is 1. The number of halogens is 1. The third kappa shape index (κ3) is 2.44. The van der Waals surface area contributed by atoms with Crippen molar-refractivity contribution >= 4 is 21.7 Å². The summed E-state index contributed by atoms with van der Waals surface area (Å²) in [4.78, 5) is 13.1. The van der Waals surface area contributed by atoms with E-state index in [-0.39, 0.29) is 10.2 Å². The van der Waals surface area contributed by atoms with E-state index in [9.17, 15) is 4.79 Å². The van der Waals surface area contributed by atoms with Crippen molar-refractivity contribution in [2.45, 2.75) is 63.1 Å². The van der Waals surface area contributed by atoms with Crippen LogP contribution in [0, 0.1) is 23.2 Å². The number of fused-ring (bicyclic) bond motifs is 5. The lowest BCUT2D eigenvalue weighted by Crippen LogP contribution is -2.47. The maximum atomic E-state index is 13.0. The molecule has 1 aromatic carbocycles. The van der Waals surface area contributed by atoms with Crippen LogP contribution in [0.15, 0.2) is 18.2 Å². The van der Waals surface area contributed by atoms with Gasteiger partial charge in [0.1, 0.15) is 5.75 Å². The van der Waals surface area contributed by atoms with E-state index in [0.29, 0.717) is 29.5 Å². The number of Topliss-reactive ketones (excluding diaryl/α,β-unsaturated/α-hetero) is 1. The first-order valence-electron chi connectivity index (χ1n) is 9.90. The third-order valence-electron chi connectivity index (χ3n) is 7.71. The van der Waals surface area contributed by atoms with E-state index in [1.807, 2.05) is 0 Å². The summed E-state index contributed by atoms with van der Waals surface area (Å²) in [5.41, 5.74) is 2.95. The predicted molar refractivity (Wildman–Crippen MR) is 104 cm³/mol. The fourth-order valence-corrected chi connectivity index (χ4v) is 7.34. The van der Waals surface area contributed by atoms with Gasteiger partial charge in [-0.05, 0) is 79.0 Å². The van der Waals surface area contributed by atoms with Crippen LogP contribution >= 0.6 is 15.9 Å². The lowest BCUT2D eigenvalue weighted by molar-refractivity contribution is -0.131. The Morgan fingerprint density at radius 3 is 2.80 bits per heavy atom. The monoisotopic (exact) mass is 404 g/mol. The van der Waals surface area contributed by atoms with Gasteiger partial charge in [-0.2, -0.15) is 0 Å². The summed E-state index contributed by atoms with van der Waals surface area (Å²) in [7, 11) is 1.75. The molecule has 6 atom stereocenters. The minimum Gasteiger partial charge on any atom is -0.497 e. The van der Waals surface area contributed by atoms with Crippen molar-refractivity contribution in [1.82, 2.24) is 0 Å². The standard InChI is InChI=1S/C22H29BrO2/c1-4-13-10-14-11-15(25-3)6-7-16(14)17-8-9-22(5-2)18(20(13)17)12-19(23)21(22)24/h6-7,11,13,17-20H,4-5,8-10,12H2,1-3H3/t13-,17-,18+,19+,20-,22?/m1/s1. The average molecular weight is 405 g/mol. The van der Waals surface area contributed by atoms with Crippen molar-refractivity contribution in [2.24, 2.45) is 23.2 Å². The lowest BCUT2D eigenvalue weighted by atomic mass is 9.51. The van der Waals surface area contributed by atoms with Gasteiger partial charge in [0, 0.05) is 5.41 Å². The highest BCUT2D eigenvalue weighted by Crippen LogP contribution is 2.63. The normalized spacial score (nSPS) is 39.5. The molecule has 0 radical (unpaired) electrons. The summed E-state index contributed by atoms with van der Waals surface area (Å²) in [6.07, 6.45) is 6.62. The molecule has 3 aliphatic carbocycles. The largest absolute Gasteiger partial charge is 0.497 e. The van der Waals surface area contributed by atoms with Crippen molar-refractivity contribution in [3.63, 3.8) is 0 Å². The molecule has 0 aromatic heterocycles. The summed E-state index contributed by atoms with van der Waals surface area (Å²) in [6, 6.07) is 6.68. The molecule has 136 valence electrons. The first kappa shape index (κ1) is 17.6. The minimum absolute atomic E-state index is 0.0628. The van der Waals surface area contributed by atoms with E-state index < -0.39 is 0 Å². The van der Waals surface area contributed by atoms with Gasteiger partial charge in [-0.3, -0.25) is 4.79 Å². The molecular weight excluding hydrogens is 376 g/mol. The molecule has 0 spiro atoms. The van der Waals surface area contributed by atoms with Gasteiger partial charge in [-0.15, -0.1) is 0 Å². The van der Waals surface area contributed by atoms with E-state index >= 15 is 0 Å². The smallest absolute Gasteiger partial charge is 0.152 e. The Kier molecular flexibility index (Phi) is 4.50. The first-order valence-corrected chi connectivity index (χ1v) is 10.8. The molecule has 0 saturated heterocycles. The number of rotatable bonds is 3. The Bertz CT molecular complexity index is 685. The van der Waals surface area contributed by atoms with E-state index in [1.54, 1.807) is 7.11 Å². The quantitative estimate of drug-likeness (QED) is 0.619. The highest BCUT2D eigenvalue weighted by atomic mass is 79.9. The molecule has 2 fully saturated rings. The molecule has 0 N–H and O–H groups in total. The highest BCUT2D eigenvalue weighted by molar-refractivity contribution is 9.10.